The molecule has 0 aliphatic carbocycles. The number of halogens is 3. The van der Waals surface area contributed by atoms with Crippen LogP contribution >= 0.6 is 0 Å². The summed E-state index contributed by atoms with van der Waals surface area (Å²) < 4.78 is 45.3. The molecule has 0 unspecified atom stereocenters. The van der Waals surface area contributed by atoms with Crippen LogP contribution in [0.3, 0.4) is 0 Å². The third-order valence-corrected chi connectivity index (χ3v) is 6.61. The molecule has 2 aliphatic rings. The van der Waals surface area contributed by atoms with Crippen LogP contribution in [0.25, 0.3) is 4.85 Å². The molecule has 0 saturated heterocycles. The first kappa shape index (κ1) is 23.1. The van der Waals surface area contributed by atoms with Crippen molar-refractivity contribution in [2.45, 2.75) is 70.7 Å². The summed E-state index contributed by atoms with van der Waals surface area (Å²) in [5.41, 5.74) is -0.406. The van der Waals surface area contributed by atoms with Crippen LogP contribution in [0.2, 0.25) is 0 Å². The molecular weight excluding hydrogens is 435 g/mol. The van der Waals surface area contributed by atoms with Gasteiger partial charge in [0, 0.05) is 42.6 Å². The first-order valence-corrected chi connectivity index (χ1v) is 10.8. The Bertz CT molecular complexity index is 1130. The Morgan fingerprint density at radius 3 is 2.79 bits per heavy atom. The van der Waals surface area contributed by atoms with E-state index in [9.17, 15) is 14.3 Å². The van der Waals surface area contributed by atoms with Gasteiger partial charge in [0.15, 0.2) is 0 Å². The van der Waals surface area contributed by atoms with Crippen molar-refractivity contribution < 1.29 is 23.1 Å². The summed E-state index contributed by atoms with van der Waals surface area (Å²) in [6.45, 7) is 12.2. The number of nitrogens with zero attached hydrogens (tertiary/aromatic N) is 4. The maximum atomic E-state index is 15.2. The minimum atomic E-state index is -3.13. The first-order chi connectivity index (χ1) is 15.4. The molecule has 1 aromatic heterocycles. The third kappa shape index (κ3) is 4.29. The highest BCUT2D eigenvalue weighted by Gasteiger charge is 2.46. The molecule has 1 aromatic carbocycles. The molecule has 3 heterocycles. The number of amides is 2. The van der Waals surface area contributed by atoms with Gasteiger partial charge in [-0.15, -0.1) is 0 Å². The molecule has 33 heavy (non-hydrogen) atoms. The van der Waals surface area contributed by atoms with E-state index in [0.29, 0.717) is 17.7 Å². The standard InChI is InChI=1S/C23H26F3N5O2/c1-13-9-18-16(12-30(13)21(32)28-15-5-6-17(24)19(10-15)27-4)20-23(25,26)8-7-14(22(2,3)33)11-31(20)29-18/h5-6,10,13-14,33H,7-9,11-12H2,1-3H3,(H,28,32)/t13-,14+/m1/s1. The van der Waals surface area contributed by atoms with Gasteiger partial charge in [-0.05, 0) is 45.4 Å². The third-order valence-electron chi connectivity index (χ3n) is 6.61. The number of carbonyl (C=O) groups is 1. The van der Waals surface area contributed by atoms with E-state index in [-0.39, 0.29) is 48.5 Å². The van der Waals surface area contributed by atoms with E-state index in [1.165, 1.54) is 21.7 Å². The molecule has 0 spiro atoms. The Balaban J connectivity index is 1.63. The number of urea groups is 1. The molecule has 2 aromatic rings. The molecule has 0 saturated carbocycles. The minimum absolute atomic E-state index is 0.0443. The van der Waals surface area contributed by atoms with E-state index >= 15 is 8.78 Å². The fraction of sp³-hybridized carbons (Fsp3) is 0.522. The van der Waals surface area contributed by atoms with Gasteiger partial charge in [0.25, 0.3) is 5.92 Å². The van der Waals surface area contributed by atoms with Crippen molar-refractivity contribution in [3.05, 3.63) is 52.4 Å². The lowest BCUT2D eigenvalue weighted by atomic mass is 9.86. The van der Waals surface area contributed by atoms with Crippen molar-refractivity contribution in [2.24, 2.45) is 5.92 Å². The molecule has 176 valence electrons. The van der Waals surface area contributed by atoms with Crippen molar-refractivity contribution in [1.82, 2.24) is 14.7 Å². The number of anilines is 1. The highest BCUT2D eigenvalue weighted by Crippen LogP contribution is 2.44. The van der Waals surface area contributed by atoms with Gasteiger partial charge in [-0.1, -0.05) is 0 Å². The van der Waals surface area contributed by atoms with Gasteiger partial charge in [-0.25, -0.2) is 14.0 Å². The summed E-state index contributed by atoms with van der Waals surface area (Å²) in [5.74, 6) is -4.20. The van der Waals surface area contributed by atoms with Crippen LogP contribution in [0.5, 0.6) is 0 Å². The van der Waals surface area contributed by atoms with Crippen LogP contribution in [-0.4, -0.2) is 37.5 Å². The van der Waals surface area contributed by atoms with Crippen molar-refractivity contribution >= 4 is 17.4 Å². The summed E-state index contributed by atoms with van der Waals surface area (Å²) in [6.07, 6.45) is 0.0580. The van der Waals surface area contributed by atoms with Gasteiger partial charge in [-0.2, -0.15) is 13.9 Å². The Hall–Kier alpha value is -3.06. The largest absolute Gasteiger partial charge is 0.390 e. The van der Waals surface area contributed by atoms with E-state index in [1.807, 2.05) is 0 Å². The van der Waals surface area contributed by atoms with E-state index in [2.05, 4.69) is 15.3 Å². The average Bonchev–Trinajstić information content (AvgIpc) is 3.01. The molecule has 10 heteroatoms. The number of carbonyl (C=O) groups excluding carboxylic acids is 1. The fourth-order valence-corrected chi connectivity index (χ4v) is 4.63. The second-order valence-electron chi connectivity index (χ2n) is 9.44. The average molecular weight is 461 g/mol. The number of rotatable bonds is 2. The second-order valence-corrected chi connectivity index (χ2v) is 9.44. The zero-order chi connectivity index (χ0) is 24.1. The van der Waals surface area contributed by atoms with Gasteiger partial charge < -0.3 is 15.3 Å². The maximum absolute atomic E-state index is 15.2. The Morgan fingerprint density at radius 1 is 1.39 bits per heavy atom. The van der Waals surface area contributed by atoms with Crippen LogP contribution < -0.4 is 5.32 Å². The number of benzene rings is 1. The highest BCUT2D eigenvalue weighted by atomic mass is 19.3. The number of hydrogen-bond acceptors (Lipinski definition) is 3. The molecule has 2 amide bonds. The van der Waals surface area contributed by atoms with Crippen molar-refractivity contribution in [1.29, 1.82) is 0 Å². The van der Waals surface area contributed by atoms with Crippen LogP contribution in [-0.2, 0) is 25.4 Å². The van der Waals surface area contributed by atoms with Crippen LogP contribution in [0.1, 0.15) is 50.6 Å². The van der Waals surface area contributed by atoms with E-state index < -0.39 is 29.8 Å². The summed E-state index contributed by atoms with van der Waals surface area (Å²) >= 11 is 0. The van der Waals surface area contributed by atoms with Crippen LogP contribution in [0.4, 0.5) is 29.3 Å². The van der Waals surface area contributed by atoms with E-state index in [4.69, 9.17) is 6.57 Å². The topological polar surface area (TPSA) is 74.8 Å². The molecule has 0 radical (unpaired) electrons. The molecule has 2 atom stereocenters. The van der Waals surface area contributed by atoms with Crippen molar-refractivity contribution in [3.63, 3.8) is 0 Å². The Morgan fingerprint density at radius 2 is 2.12 bits per heavy atom. The molecule has 2 aliphatic heterocycles. The fourth-order valence-electron chi connectivity index (χ4n) is 4.63. The maximum Gasteiger partial charge on any atom is 0.322 e. The normalized spacial score (nSPS) is 22.1. The Kier molecular flexibility index (Phi) is 5.65. The van der Waals surface area contributed by atoms with Crippen molar-refractivity contribution in [2.75, 3.05) is 5.32 Å². The molecule has 2 N–H and O–H groups in total. The number of nitrogens with one attached hydrogen (secondary N) is 1. The zero-order valence-corrected chi connectivity index (χ0v) is 18.7. The van der Waals surface area contributed by atoms with Gasteiger partial charge in [-0.3, -0.25) is 4.68 Å². The molecule has 0 bridgehead atoms. The van der Waals surface area contributed by atoms with Gasteiger partial charge in [0.2, 0.25) is 5.69 Å². The lowest BCUT2D eigenvalue weighted by Crippen LogP contribution is -2.45. The predicted molar refractivity (Wildman–Crippen MR) is 116 cm³/mol. The van der Waals surface area contributed by atoms with Crippen LogP contribution in [0, 0.1) is 18.3 Å². The predicted octanol–water partition coefficient (Wildman–Crippen LogP) is 4.82. The van der Waals surface area contributed by atoms with E-state index in [0.717, 1.165) is 6.07 Å². The number of hydrogen-bond donors (Lipinski definition) is 2. The second kappa shape index (κ2) is 8.06. The summed E-state index contributed by atoms with van der Waals surface area (Å²) in [4.78, 5) is 17.5. The number of aliphatic hydroxyl groups is 1. The highest BCUT2D eigenvalue weighted by molar-refractivity contribution is 5.90. The molecule has 0 fully saturated rings. The van der Waals surface area contributed by atoms with Gasteiger partial charge >= 0.3 is 6.03 Å². The van der Waals surface area contributed by atoms with Crippen LogP contribution in [0.15, 0.2) is 18.2 Å². The quantitative estimate of drug-likeness (QED) is 0.630. The minimum Gasteiger partial charge on any atom is -0.390 e. The SMILES string of the molecule is [C-]#[N+]c1cc(NC(=O)N2Cc3c(nn4c3C(F)(F)CC[C@H](C(C)(C)O)C4)C[C@H]2C)ccc1F. The van der Waals surface area contributed by atoms with E-state index in [1.54, 1.807) is 20.8 Å². The lowest BCUT2D eigenvalue weighted by molar-refractivity contribution is -0.0336. The number of aromatic nitrogens is 2. The summed E-state index contributed by atoms with van der Waals surface area (Å²) in [6, 6.07) is 2.84. The number of alkyl halides is 2. The molecule has 7 nitrogen and oxygen atoms in total. The zero-order valence-electron chi connectivity index (χ0n) is 18.7. The first-order valence-electron chi connectivity index (χ1n) is 10.8. The van der Waals surface area contributed by atoms with Crippen molar-refractivity contribution in [3.8, 4) is 0 Å². The monoisotopic (exact) mass is 461 g/mol. The lowest BCUT2D eigenvalue weighted by Gasteiger charge is -2.33. The molecule has 4 rings (SSSR count). The summed E-state index contributed by atoms with van der Waals surface area (Å²) in [7, 11) is 0. The molecular formula is C23H26F3N5O2. The number of fused-ring (bicyclic) bond motifs is 3. The van der Waals surface area contributed by atoms with Gasteiger partial charge in [0.05, 0.1) is 24.4 Å². The smallest absolute Gasteiger partial charge is 0.322 e. The summed E-state index contributed by atoms with van der Waals surface area (Å²) in [5, 5.41) is 17.5. The van der Waals surface area contributed by atoms with Gasteiger partial charge in [0.1, 0.15) is 11.5 Å². The Labute approximate surface area is 190 Å².